The zero-order valence-corrected chi connectivity index (χ0v) is 26.3. The van der Waals surface area contributed by atoms with Gasteiger partial charge in [-0.3, -0.25) is 4.79 Å². The van der Waals surface area contributed by atoms with Crippen LogP contribution in [-0.2, 0) is 20.0 Å². The number of hydrogen-bond donors (Lipinski definition) is 1. The molecule has 0 spiro atoms. The van der Waals surface area contributed by atoms with Gasteiger partial charge in [0.25, 0.3) is 0 Å². The maximum atomic E-state index is 13.9. The van der Waals surface area contributed by atoms with Crippen LogP contribution in [0.25, 0.3) is 11.0 Å². The number of anilines is 1. The molecule has 0 radical (unpaired) electrons. The van der Waals surface area contributed by atoms with Crippen molar-refractivity contribution in [3.05, 3.63) is 48.7 Å². The minimum atomic E-state index is -3.52. The van der Waals surface area contributed by atoms with Crippen molar-refractivity contribution < 1.29 is 13.2 Å². The molecule has 1 saturated heterocycles. The first kappa shape index (κ1) is 30.3. The first-order valence-electron chi connectivity index (χ1n) is 14.9. The number of rotatable bonds is 8. The molecule has 10 nitrogen and oxygen atoms in total. The molecule has 1 saturated carbocycles. The van der Waals surface area contributed by atoms with Gasteiger partial charge in [0.1, 0.15) is 29.2 Å². The predicted octanol–water partition coefficient (Wildman–Crippen LogP) is 4.08. The highest BCUT2D eigenvalue weighted by atomic mass is 32.2. The lowest BCUT2D eigenvalue weighted by Gasteiger charge is -2.44. The fraction of sp³-hybridized carbons (Fsp3) is 0.581. The number of likely N-dealkylation sites (tertiary alicyclic amines) is 1. The van der Waals surface area contributed by atoms with Gasteiger partial charge in [0, 0.05) is 30.1 Å². The maximum absolute atomic E-state index is 13.9. The molecular weight excluding hydrogens is 550 g/mol. The van der Waals surface area contributed by atoms with E-state index in [0.29, 0.717) is 46.6 Å². The average molecular weight is 594 g/mol. The Morgan fingerprint density at radius 3 is 2.50 bits per heavy atom. The number of carbonyl (C=O) groups excluding carboxylic acids is 1. The summed E-state index contributed by atoms with van der Waals surface area (Å²) in [6, 6.07) is 8.66. The zero-order chi connectivity index (χ0) is 30.2. The molecule has 0 bridgehead atoms. The van der Waals surface area contributed by atoms with E-state index in [1.54, 1.807) is 30.5 Å². The van der Waals surface area contributed by atoms with Crippen molar-refractivity contribution in [3.63, 3.8) is 0 Å². The Labute approximate surface area is 249 Å². The van der Waals surface area contributed by atoms with Crippen LogP contribution in [0.1, 0.15) is 66.1 Å². The molecule has 42 heavy (non-hydrogen) atoms. The lowest BCUT2D eigenvalue weighted by molar-refractivity contribution is -0.132. The number of aromatic nitrogens is 4. The highest BCUT2D eigenvalue weighted by Crippen LogP contribution is 2.36. The number of nitrogens with zero attached hydrogens (tertiary/aromatic N) is 6. The van der Waals surface area contributed by atoms with Gasteiger partial charge in [-0.15, -0.1) is 0 Å². The minimum absolute atomic E-state index is 0.0189. The molecule has 5 rings (SSSR count). The third-order valence-corrected chi connectivity index (χ3v) is 10.7. The molecule has 3 heterocycles. The van der Waals surface area contributed by atoms with Gasteiger partial charge < -0.3 is 15.1 Å². The molecule has 1 amide bonds. The Morgan fingerprint density at radius 1 is 1.07 bits per heavy atom. The Morgan fingerprint density at radius 2 is 1.81 bits per heavy atom. The summed E-state index contributed by atoms with van der Waals surface area (Å²) in [6.45, 7) is 11.0. The molecule has 2 aliphatic rings. The van der Waals surface area contributed by atoms with Crippen LogP contribution in [0.15, 0.2) is 47.8 Å². The first-order valence-corrected chi connectivity index (χ1v) is 16.6. The largest absolute Gasteiger partial charge is 0.356 e. The van der Waals surface area contributed by atoms with Gasteiger partial charge in [-0.05, 0) is 64.6 Å². The summed E-state index contributed by atoms with van der Waals surface area (Å²) in [5.41, 5.74) is 0.952. The van der Waals surface area contributed by atoms with E-state index in [4.69, 9.17) is 4.98 Å². The summed E-state index contributed by atoms with van der Waals surface area (Å²) in [6.07, 6.45) is 6.18. The highest BCUT2D eigenvalue weighted by molar-refractivity contribution is 7.91. The molecule has 226 valence electrons. The van der Waals surface area contributed by atoms with Gasteiger partial charge in [-0.25, -0.2) is 28.4 Å². The standard InChI is InChI=1S/C31H43N7O3S/c1-20(2)37(6)22-12-13-26(21(16-22)18-42(40,41)23-10-8-7-9-11-23)38-15-14-24(29(38)39)35-28-27-25(33-19-34-28)17-32-30(36-27)31(3,4)5/h7-11,17,19-22,24,26H,12-16,18H2,1-6H3,(H,33,34,35)/t21-,22-,24+,26+/m1/s1. The van der Waals surface area contributed by atoms with Crippen LogP contribution in [0.4, 0.5) is 5.82 Å². The van der Waals surface area contributed by atoms with E-state index in [9.17, 15) is 13.2 Å². The van der Waals surface area contributed by atoms with Gasteiger partial charge in [0.05, 0.1) is 16.8 Å². The average Bonchev–Trinajstić information content (AvgIpc) is 3.31. The van der Waals surface area contributed by atoms with E-state index in [2.05, 4.69) is 46.1 Å². The molecule has 1 aliphatic heterocycles. The minimum Gasteiger partial charge on any atom is -0.356 e. The van der Waals surface area contributed by atoms with Crippen LogP contribution in [0.2, 0.25) is 0 Å². The third kappa shape index (κ3) is 6.27. The van der Waals surface area contributed by atoms with Gasteiger partial charge >= 0.3 is 0 Å². The predicted molar refractivity (Wildman–Crippen MR) is 164 cm³/mol. The quantitative estimate of drug-likeness (QED) is 0.412. The molecule has 1 aromatic carbocycles. The SMILES string of the molecule is CC(C)N(C)[C@@H]1CC[C@H](N2CC[C@H](Nc3ncnc4cnc(C(C)(C)C)nc34)C2=O)[C@@H](CS(=O)(=O)c2ccccc2)C1. The van der Waals surface area contributed by atoms with Gasteiger partial charge in [0.2, 0.25) is 5.91 Å². The molecule has 1 aliphatic carbocycles. The van der Waals surface area contributed by atoms with E-state index < -0.39 is 15.9 Å². The van der Waals surface area contributed by atoms with Crippen LogP contribution < -0.4 is 5.32 Å². The van der Waals surface area contributed by atoms with E-state index in [-0.39, 0.29) is 35.1 Å². The van der Waals surface area contributed by atoms with Crippen LogP contribution in [0.5, 0.6) is 0 Å². The second-order valence-corrected chi connectivity index (χ2v) is 15.1. The number of nitrogens with one attached hydrogen (secondary N) is 1. The number of amides is 1. The third-order valence-electron chi connectivity index (χ3n) is 8.84. The van der Waals surface area contributed by atoms with Crippen molar-refractivity contribution in [2.24, 2.45) is 5.92 Å². The first-order chi connectivity index (χ1) is 19.8. The molecular formula is C31H43N7O3S. The lowest BCUT2D eigenvalue weighted by Crippen LogP contribution is -2.52. The molecule has 1 N–H and O–H groups in total. The van der Waals surface area contributed by atoms with Crippen molar-refractivity contribution in [1.29, 1.82) is 0 Å². The van der Waals surface area contributed by atoms with Crippen molar-refractivity contribution in [3.8, 4) is 0 Å². The van der Waals surface area contributed by atoms with Crippen LogP contribution in [0.3, 0.4) is 0 Å². The molecule has 0 unspecified atom stereocenters. The number of fused-ring (bicyclic) bond motifs is 1. The maximum Gasteiger partial charge on any atom is 0.245 e. The fourth-order valence-electron chi connectivity index (χ4n) is 6.26. The number of carbonyl (C=O) groups is 1. The molecule has 3 aromatic rings. The summed E-state index contributed by atoms with van der Waals surface area (Å²) < 4.78 is 27.1. The Hall–Kier alpha value is -3.18. The fourth-order valence-corrected chi connectivity index (χ4v) is 7.95. The lowest BCUT2D eigenvalue weighted by atomic mass is 9.81. The number of hydrogen-bond acceptors (Lipinski definition) is 9. The van der Waals surface area contributed by atoms with Crippen molar-refractivity contribution in [1.82, 2.24) is 29.7 Å². The van der Waals surface area contributed by atoms with Crippen molar-refractivity contribution in [2.45, 2.75) is 94.8 Å². The molecule has 2 aromatic heterocycles. The summed E-state index contributed by atoms with van der Waals surface area (Å²) in [5, 5.41) is 3.35. The summed E-state index contributed by atoms with van der Waals surface area (Å²) in [5.74, 6) is 1.03. The zero-order valence-electron chi connectivity index (χ0n) is 25.5. The van der Waals surface area contributed by atoms with E-state index >= 15 is 0 Å². The highest BCUT2D eigenvalue weighted by Gasteiger charge is 2.44. The summed E-state index contributed by atoms with van der Waals surface area (Å²) >= 11 is 0. The monoisotopic (exact) mass is 593 g/mol. The molecule has 11 heteroatoms. The van der Waals surface area contributed by atoms with Gasteiger partial charge in [0.15, 0.2) is 15.7 Å². The van der Waals surface area contributed by atoms with E-state index in [1.807, 2.05) is 31.7 Å². The van der Waals surface area contributed by atoms with Gasteiger partial charge in [-0.1, -0.05) is 39.0 Å². The number of benzene rings is 1. The summed E-state index contributed by atoms with van der Waals surface area (Å²) in [4.78, 5) is 36.5. The Balaban J connectivity index is 1.38. The van der Waals surface area contributed by atoms with Crippen molar-refractivity contribution >= 4 is 32.6 Å². The smallest absolute Gasteiger partial charge is 0.245 e. The topological polar surface area (TPSA) is 121 Å². The van der Waals surface area contributed by atoms with Gasteiger partial charge in [-0.2, -0.15) is 0 Å². The second kappa shape index (κ2) is 11.8. The van der Waals surface area contributed by atoms with Crippen molar-refractivity contribution in [2.75, 3.05) is 24.7 Å². The number of sulfone groups is 1. The molecule has 4 atom stereocenters. The van der Waals surface area contributed by atoms with Crippen LogP contribution in [0, 0.1) is 5.92 Å². The molecule has 2 fully saturated rings. The summed E-state index contributed by atoms with van der Waals surface area (Å²) in [7, 11) is -1.40. The Bertz CT molecular complexity index is 1520. The van der Waals surface area contributed by atoms with Crippen LogP contribution in [-0.4, -0.2) is 87.6 Å². The van der Waals surface area contributed by atoms with Crippen LogP contribution >= 0.6 is 0 Å². The second-order valence-electron chi connectivity index (χ2n) is 13.1. The normalized spacial score (nSPS) is 23.7. The Kier molecular flexibility index (Phi) is 8.53. The van der Waals surface area contributed by atoms with E-state index in [0.717, 1.165) is 19.3 Å². The van der Waals surface area contributed by atoms with E-state index in [1.165, 1.54) is 6.33 Å².